The minimum Gasteiger partial charge on any atom is -0.465 e. The largest absolute Gasteiger partial charge is 0.465 e. The Kier molecular flexibility index (Phi) is 7.67. The molecule has 13 nitrogen and oxygen atoms in total. The Bertz CT molecular complexity index is 1620. The molecule has 1 heterocycles. The van der Waals surface area contributed by atoms with Crippen molar-refractivity contribution in [1.29, 1.82) is 0 Å². The third-order valence-electron chi connectivity index (χ3n) is 5.42. The number of benzene rings is 3. The van der Waals surface area contributed by atoms with Crippen LogP contribution >= 0.6 is 15.9 Å². The van der Waals surface area contributed by atoms with E-state index in [-0.39, 0.29) is 34.0 Å². The maximum atomic E-state index is 13.0. The van der Waals surface area contributed by atoms with E-state index in [0.29, 0.717) is 10.2 Å². The summed E-state index contributed by atoms with van der Waals surface area (Å²) in [5.41, 5.74) is -1.09. The SMILES string of the molecule is COC(=O)c1c(-c2cc(Br)ccc2Oc2ccc([N+](=O)[O-])cc2[N+](=O)[O-])nn(-c2ccccc2)c1C(=O)OC. The zero-order valence-corrected chi connectivity index (χ0v) is 21.8. The van der Waals surface area contributed by atoms with Crippen LogP contribution in [0.5, 0.6) is 11.5 Å². The van der Waals surface area contributed by atoms with Crippen LogP contribution in [-0.2, 0) is 9.47 Å². The molecule has 3 aromatic carbocycles. The lowest BCUT2D eigenvalue weighted by molar-refractivity contribution is -0.394. The van der Waals surface area contributed by atoms with Gasteiger partial charge in [0, 0.05) is 16.1 Å². The van der Waals surface area contributed by atoms with Crippen molar-refractivity contribution in [3.63, 3.8) is 0 Å². The van der Waals surface area contributed by atoms with Crippen molar-refractivity contribution in [2.24, 2.45) is 0 Å². The lowest BCUT2D eigenvalue weighted by Crippen LogP contribution is -2.15. The van der Waals surface area contributed by atoms with Gasteiger partial charge in [0.2, 0.25) is 5.75 Å². The van der Waals surface area contributed by atoms with Crippen LogP contribution in [0, 0.1) is 20.2 Å². The second kappa shape index (κ2) is 11.1. The second-order valence-corrected chi connectivity index (χ2v) is 8.63. The van der Waals surface area contributed by atoms with Gasteiger partial charge >= 0.3 is 17.6 Å². The normalized spacial score (nSPS) is 10.5. The number of ether oxygens (including phenoxy) is 3. The lowest BCUT2D eigenvalue weighted by atomic mass is 10.0. The number of para-hydroxylation sites is 1. The van der Waals surface area contributed by atoms with Gasteiger partial charge in [-0.15, -0.1) is 0 Å². The fourth-order valence-electron chi connectivity index (χ4n) is 3.69. The van der Waals surface area contributed by atoms with Gasteiger partial charge in [0.25, 0.3) is 5.69 Å². The van der Waals surface area contributed by atoms with Crippen molar-refractivity contribution in [3.05, 3.63) is 103 Å². The van der Waals surface area contributed by atoms with E-state index in [2.05, 4.69) is 21.0 Å². The first kappa shape index (κ1) is 26.9. The Labute approximate surface area is 228 Å². The highest BCUT2D eigenvalue weighted by Gasteiger charge is 2.33. The smallest absolute Gasteiger partial charge is 0.357 e. The molecule has 0 fully saturated rings. The first-order valence-electron chi connectivity index (χ1n) is 10.9. The first-order valence-corrected chi connectivity index (χ1v) is 11.7. The molecule has 0 saturated heterocycles. The number of hydrogen-bond donors (Lipinski definition) is 0. The summed E-state index contributed by atoms with van der Waals surface area (Å²) in [6, 6.07) is 15.9. The highest BCUT2D eigenvalue weighted by molar-refractivity contribution is 9.10. The Balaban J connectivity index is 1.98. The number of halogens is 1. The van der Waals surface area contributed by atoms with Crippen LogP contribution in [0.3, 0.4) is 0 Å². The summed E-state index contributed by atoms with van der Waals surface area (Å²) in [6.45, 7) is 0. The minimum atomic E-state index is -0.903. The van der Waals surface area contributed by atoms with Gasteiger partial charge in [-0.05, 0) is 36.4 Å². The van der Waals surface area contributed by atoms with Crippen molar-refractivity contribution in [3.8, 4) is 28.4 Å². The minimum absolute atomic E-state index is 0.00515. The molecule has 0 saturated carbocycles. The molecule has 0 aliphatic heterocycles. The summed E-state index contributed by atoms with van der Waals surface area (Å²) < 4.78 is 17.5. The zero-order valence-electron chi connectivity index (χ0n) is 20.2. The van der Waals surface area contributed by atoms with Gasteiger partial charge < -0.3 is 14.2 Å². The third kappa shape index (κ3) is 5.31. The first-order chi connectivity index (χ1) is 18.7. The molecule has 4 rings (SSSR count). The number of carbonyl (C=O) groups excluding carboxylic acids is 2. The maximum absolute atomic E-state index is 13.0. The molecule has 0 N–H and O–H groups in total. The molecule has 39 heavy (non-hydrogen) atoms. The number of carbonyl (C=O) groups is 2. The Hall–Kier alpha value is -5.11. The van der Waals surface area contributed by atoms with E-state index in [4.69, 9.17) is 14.2 Å². The molecule has 0 spiro atoms. The molecular formula is C25H17BrN4O9. The van der Waals surface area contributed by atoms with E-state index in [9.17, 15) is 29.8 Å². The molecule has 0 bridgehead atoms. The van der Waals surface area contributed by atoms with Gasteiger partial charge in [0.1, 0.15) is 17.0 Å². The topological polar surface area (TPSA) is 166 Å². The molecule has 14 heteroatoms. The molecule has 1 aromatic heterocycles. The van der Waals surface area contributed by atoms with Gasteiger partial charge in [-0.1, -0.05) is 34.1 Å². The van der Waals surface area contributed by atoms with Gasteiger partial charge in [-0.2, -0.15) is 5.10 Å². The van der Waals surface area contributed by atoms with Crippen LogP contribution < -0.4 is 4.74 Å². The lowest BCUT2D eigenvalue weighted by Gasteiger charge is -2.12. The van der Waals surface area contributed by atoms with E-state index in [1.165, 1.54) is 16.8 Å². The molecule has 0 atom stereocenters. The van der Waals surface area contributed by atoms with Crippen molar-refractivity contribution < 1.29 is 33.6 Å². The number of methoxy groups -OCH3 is 2. The van der Waals surface area contributed by atoms with Gasteiger partial charge in [-0.25, -0.2) is 14.3 Å². The fourth-order valence-corrected chi connectivity index (χ4v) is 4.05. The third-order valence-corrected chi connectivity index (χ3v) is 5.91. The number of nitro groups is 2. The number of nitro benzene ring substituents is 2. The highest BCUT2D eigenvalue weighted by Crippen LogP contribution is 2.41. The summed E-state index contributed by atoms with van der Waals surface area (Å²) in [5, 5.41) is 27.3. The number of non-ortho nitro benzene ring substituents is 1. The summed E-state index contributed by atoms with van der Waals surface area (Å²) in [6.07, 6.45) is 0. The van der Waals surface area contributed by atoms with Gasteiger partial charge in [-0.3, -0.25) is 20.2 Å². The molecule has 0 aliphatic rings. The standard InChI is InChI=1S/C25H17BrN4O9/c1-37-24(31)21-22(27-28(23(21)25(32)38-2)15-6-4-3-5-7-15)17-12-14(26)8-10-19(17)39-20-11-9-16(29(33)34)13-18(20)30(35)36/h3-13H,1-2H3. The predicted molar refractivity (Wildman–Crippen MR) is 139 cm³/mol. The fraction of sp³-hybridized carbons (Fsp3) is 0.0800. The van der Waals surface area contributed by atoms with Crippen molar-refractivity contribution >= 4 is 39.2 Å². The number of hydrogen-bond acceptors (Lipinski definition) is 10. The zero-order chi connectivity index (χ0) is 28.3. The number of esters is 2. The Morgan fingerprint density at radius 3 is 2.15 bits per heavy atom. The van der Waals surface area contributed by atoms with E-state index >= 15 is 0 Å². The van der Waals surface area contributed by atoms with Crippen LogP contribution in [0.1, 0.15) is 20.8 Å². The summed E-state index contributed by atoms with van der Waals surface area (Å²) in [7, 11) is 2.28. The van der Waals surface area contributed by atoms with Crippen LogP contribution in [0.2, 0.25) is 0 Å². The number of rotatable bonds is 8. The van der Waals surface area contributed by atoms with Crippen LogP contribution in [-0.4, -0.2) is 45.8 Å². The number of nitrogens with zero attached hydrogens (tertiary/aromatic N) is 4. The Morgan fingerprint density at radius 1 is 0.872 bits per heavy atom. The summed E-state index contributed by atoms with van der Waals surface area (Å²) >= 11 is 3.35. The quantitative estimate of drug-likeness (QED) is 0.144. The monoisotopic (exact) mass is 596 g/mol. The van der Waals surface area contributed by atoms with E-state index in [1.54, 1.807) is 36.4 Å². The predicted octanol–water partition coefficient (Wildman–Crippen LogP) is 5.48. The van der Waals surface area contributed by atoms with Gasteiger partial charge in [0.05, 0.1) is 35.8 Å². The molecule has 4 aromatic rings. The molecule has 198 valence electrons. The summed E-state index contributed by atoms with van der Waals surface area (Å²) in [5.74, 6) is -2.08. The van der Waals surface area contributed by atoms with Crippen molar-refractivity contribution in [2.75, 3.05) is 14.2 Å². The summed E-state index contributed by atoms with van der Waals surface area (Å²) in [4.78, 5) is 47.1. The average Bonchev–Trinajstić information content (AvgIpc) is 3.34. The molecule has 0 unspecified atom stereocenters. The van der Waals surface area contributed by atoms with E-state index in [0.717, 1.165) is 32.4 Å². The maximum Gasteiger partial charge on any atom is 0.357 e. The highest BCUT2D eigenvalue weighted by atomic mass is 79.9. The van der Waals surface area contributed by atoms with Crippen LogP contribution in [0.4, 0.5) is 11.4 Å². The molecular weight excluding hydrogens is 580 g/mol. The Morgan fingerprint density at radius 2 is 1.54 bits per heavy atom. The average molecular weight is 597 g/mol. The van der Waals surface area contributed by atoms with Crippen LogP contribution in [0.25, 0.3) is 16.9 Å². The van der Waals surface area contributed by atoms with Crippen molar-refractivity contribution in [2.45, 2.75) is 0 Å². The molecule has 0 aliphatic carbocycles. The number of aromatic nitrogens is 2. The van der Waals surface area contributed by atoms with Crippen LogP contribution in [0.15, 0.2) is 71.2 Å². The van der Waals surface area contributed by atoms with E-state index in [1.807, 2.05) is 0 Å². The van der Waals surface area contributed by atoms with E-state index < -0.39 is 33.2 Å². The second-order valence-electron chi connectivity index (χ2n) is 7.71. The molecule has 0 radical (unpaired) electrons. The molecule has 0 amide bonds. The van der Waals surface area contributed by atoms with Crippen molar-refractivity contribution in [1.82, 2.24) is 9.78 Å². The van der Waals surface area contributed by atoms with Gasteiger partial charge in [0.15, 0.2) is 5.69 Å².